The van der Waals surface area contributed by atoms with Crippen LogP contribution in [-0.2, 0) is 17.5 Å². The van der Waals surface area contributed by atoms with Crippen LogP contribution in [0.5, 0.6) is 0 Å². The highest BCUT2D eigenvalue weighted by Gasteiger charge is 2.50. The van der Waals surface area contributed by atoms with Gasteiger partial charge in [-0.25, -0.2) is 0 Å². The maximum absolute atomic E-state index is 13.5. The summed E-state index contributed by atoms with van der Waals surface area (Å²) in [6, 6.07) is 14.6. The van der Waals surface area contributed by atoms with Gasteiger partial charge < -0.3 is 4.90 Å². The van der Waals surface area contributed by atoms with Gasteiger partial charge >= 0.3 is 6.18 Å². The molecular weight excluding hydrogens is 413 g/mol. The molecule has 1 saturated carbocycles. The lowest BCUT2D eigenvalue weighted by Crippen LogP contribution is -2.49. The van der Waals surface area contributed by atoms with Crippen molar-refractivity contribution in [2.75, 3.05) is 0 Å². The molecule has 2 aliphatic rings. The van der Waals surface area contributed by atoms with Crippen LogP contribution in [0.4, 0.5) is 13.2 Å². The van der Waals surface area contributed by atoms with Crippen molar-refractivity contribution in [3.63, 3.8) is 0 Å². The van der Waals surface area contributed by atoms with Crippen molar-refractivity contribution in [3.05, 3.63) is 71.3 Å². The Morgan fingerprint density at radius 2 is 1.66 bits per heavy atom. The van der Waals surface area contributed by atoms with Crippen molar-refractivity contribution < 1.29 is 18.0 Å². The molecule has 2 aromatic carbocycles. The van der Waals surface area contributed by atoms with E-state index in [0.29, 0.717) is 12.5 Å². The first-order chi connectivity index (χ1) is 15.0. The molecular formula is C26H29F3N2O. The monoisotopic (exact) mass is 442 g/mol. The van der Waals surface area contributed by atoms with Crippen LogP contribution in [0.25, 0.3) is 0 Å². The van der Waals surface area contributed by atoms with Gasteiger partial charge in [0.2, 0.25) is 0 Å². The molecule has 1 fully saturated rings. The number of hydrogen-bond acceptors (Lipinski definition) is 2. The summed E-state index contributed by atoms with van der Waals surface area (Å²) >= 11 is 0. The molecule has 4 rings (SSSR count). The third kappa shape index (κ3) is 4.32. The van der Waals surface area contributed by atoms with Gasteiger partial charge in [-0.15, -0.1) is 0 Å². The number of aliphatic imine (C=N–C) groups is 1. The number of alkyl halides is 3. The largest absolute Gasteiger partial charge is 0.416 e. The molecule has 0 atom stereocenters. The SMILES string of the molecule is CC(C)(C)C1CCC2(CC1)N=C(c1cccc(C(F)(F)F)c1)C(=O)N2Cc1ccccc1. The van der Waals surface area contributed by atoms with Crippen molar-refractivity contribution in [2.45, 2.75) is 64.8 Å². The lowest BCUT2D eigenvalue weighted by molar-refractivity contribution is -0.137. The molecule has 0 radical (unpaired) electrons. The third-order valence-electron chi connectivity index (χ3n) is 6.93. The van der Waals surface area contributed by atoms with E-state index in [1.807, 2.05) is 30.3 Å². The second-order valence-corrected chi connectivity index (χ2v) is 10.0. The van der Waals surface area contributed by atoms with E-state index in [9.17, 15) is 18.0 Å². The van der Waals surface area contributed by atoms with Gasteiger partial charge in [0, 0.05) is 12.1 Å². The molecule has 0 saturated heterocycles. The van der Waals surface area contributed by atoms with E-state index in [0.717, 1.165) is 43.4 Å². The van der Waals surface area contributed by atoms with Gasteiger partial charge in [0.1, 0.15) is 11.4 Å². The zero-order chi connectivity index (χ0) is 23.1. The van der Waals surface area contributed by atoms with Crippen molar-refractivity contribution in [3.8, 4) is 0 Å². The summed E-state index contributed by atoms with van der Waals surface area (Å²) in [6.45, 7) is 7.09. The minimum atomic E-state index is -4.47. The number of carbonyl (C=O) groups excluding carboxylic acids is 1. The first-order valence-electron chi connectivity index (χ1n) is 11.1. The minimum Gasteiger partial charge on any atom is -0.308 e. The van der Waals surface area contributed by atoms with Crippen molar-refractivity contribution in [2.24, 2.45) is 16.3 Å². The molecule has 6 heteroatoms. The molecule has 0 bridgehead atoms. The Morgan fingerprint density at radius 1 is 1.00 bits per heavy atom. The average molecular weight is 443 g/mol. The fourth-order valence-corrected chi connectivity index (χ4v) is 4.98. The Balaban J connectivity index is 1.71. The summed E-state index contributed by atoms with van der Waals surface area (Å²) in [5, 5.41) is 0. The maximum Gasteiger partial charge on any atom is 0.416 e. The second kappa shape index (κ2) is 8.05. The van der Waals surface area contributed by atoms with Gasteiger partial charge in [0.25, 0.3) is 5.91 Å². The highest BCUT2D eigenvalue weighted by Crippen LogP contribution is 2.47. The van der Waals surface area contributed by atoms with Crippen LogP contribution in [0.15, 0.2) is 59.6 Å². The van der Waals surface area contributed by atoms with Gasteiger partial charge in [-0.2, -0.15) is 13.2 Å². The number of benzene rings is 2. The topological polar surface area (TPSA) is 32.7 Å². The molecule has 1 spiro atoms. The molecule has 0 N–H and O–H groups in total. The number of rotatable bonds is 3. The molecule has 1 heterocycles. The van der Waals surface area contributed by atoms with E-state index in [1.165, 1.54) is 6.07 Å². The number of hydrogen-bond donors (Lipinski definition) is 0. The molecule has 0 unspecified atom stereocenters. The molecule has 170 valence electrons. The Morgan fingerprint density at radius 3 is 2.25 bits per heavy atom. The van der Waals surface area contributed by atoms with Gasteiger partial charge in [-0.05, 0) is 54.7 Å². The lowest BCUT2D eigenvalue weighted by Gasteiger charge is -2.44. The summed E-state index contributed by atoms with van der Waals surface area (Å²) in [6.07, 6.45) is -1.17. The summed E-state index contributed by atoms with van der Waals surface area (Å²) in [7, 11) is 0. The Bertz CT molecular complexity index is 1010. The van der Waals surface area contributed by atoms with Crippen LogP contribution in [0.3, 0.4) is 0 Å². The molecule has 0 aromatic heterocycles. The van der Waals surface area contributed by atoms with Gasteiger partial charge in [0.15, 0.2) is 0 Å². The summed E-state index contributed by atoms with van der Waals surface area (Å²) < 4.78 is 39.9. The van der Waals surface area contributed by atoms with Crippen LogP contribution in [-0.4, -0.2) is 22.2 Å². The van der Waals surface area contributed by atoms with E-state index >= 15 is 0 Å². The van der Waals surface area contributed by atoms with Gasteiger partial charge in [-0.1, -0.05) is 63.2 Å². The van der Waals surface area contributed by atoms with Gasteiger partial charge in [0.05, 0.1) is 5.56 Å². The summed E-state index contributed by atoms with van der Waals surface area (Å²) in [4.78, 5) is 20.2. The normalized spacial score (nSPS) is 24.2. The van der Waals surface area contributed by atoms with Crippen molar-refractivity contribution in [1.29, 1.82) is 0 Å². The van der Waals surface area contributed by atoms with Crippen molar-refractivity contribution >= 4 is 11.6 Å². The highest BCUT2D eigenvalue weighted by atomic mass is 19.4. The van der Waals surface area contributed by atoms with E-state index in [1.54, 1.807) is 11.0 Å². The number of nitrogens with zero attached hydrogens (tertiary/aromatic N) is 2. The number of halogens is 3. The molecule has 1 aliphatic carbocycles. The zero-order valence-electron chi connectivity index (χ0n) is 18.7. The number of amides is 1. The van der Waals surface area contributed by atoms with Crippen LogP contribution in [0.2, 0.25) is 0 Å². The standard InChI is InChI=1S/C26H29F3N2O/c1-24(2,3)20-12-14-25(15-13-20)30-22(19-10-7-11-21(16-19)26(27,28)29)23(32)31(25)17-18-8-5-4-6-9-18/h4-11,16,20H,12-15,17H2,1-3H3. The zero-order valence-corrected chi connectivity index (χ0v) is 18.7. The molecule has 1 aliphatic heterocycles. The Hall–Kier alpha value is -2.63. The van der Waals surface area contributed by atoms with Crippen molar-refractivity contribution in [1.82, 2.24) is 4.90 Å². The predicted octanol–water partition coefficient (Wildman–Crippen LogP) is 6.47. The molecule has 3 nitrogen and oxygen atoms in total. The predicted molar refractivity (Wildman–Crippen MR) is 119 cm³/mol. The van der Waals surface area contributed by atoms with E-state index in [2.05, 4.69) is 20.8 Å². The second-order valence-electron chi connectivity index (χ2n) is 10.0. The first-order valence-corrected chi connectivity index (χ1v) is 11.1. The number of carbonyl (C=O) groups is 1. The summed E-state index contributed by atoms with van der Waals surface area (Å²) in [5.74, 6) is 0.233. The fourth-order valence-electron chi connectivity index (χ4n) is 4.98. The maximum atomic E-state index is 13.5. The highest BCUT2D eigenvalue weighted by molar-refractivity contribution is 6.46. The first kappa shape index (κ1) is 22.6. The van der Waals surface area contributed by atoms with Gasteiger partial charge in [-0.3, -0.25) is 9.79 Å². The fraction of sp³-hybridized carbons (Fsp3) is 0.462. The quantitative estimate of drug-likeness (QED) is 0.536. The molecule has 2 aromatic rings. The minimum absolute atomic E-state index is 0.140. The smallest absolute Gasteiger partial charge is 0.308 e. The third-order valence-corrected chi connectivity index (χ3v) is 6.93. The molecule has 32 heavy (non-hydrogen) atoms. The van der Waals surface area contributed by atoms with Crippen LogP contribution in [0, 0.1) is 11.3 Å². The lowest BCUT2D eigenvalue weighted by atomic mass is 9.69. The van der Waals surface area contributed by atoms with Crippen LogP contribution >= 0.6 is 0 Å². The Kier molecular flexibility index (Phi) is 5.68. The Labute approximate surface area is 187 Å². The van der Waals surface area contributed by atoms with E-state index in [-0.39, 0.29) is 22.6 Å². The van der Waals surface area contributed by atoms with E-state index < -0.39 is 17.4 Å². The average Bonchev–Trinajstić information content (AvgIpc) is 3.00. The molecule has 1 amide bonds. The van der Waals surface area contributed by atoms with Crippen LogP contribution < -0.4 is 0 Å². The van der Waals surface area contributed by atoms with E-state index in [4.69, 9.17) is 4.99 Å². The summed E-state index contributed by atoms with van der Waals surface area (Å²) in [5.41, 5.74) is 0.0652. The van der Waals surface area contributed by atoms with Crippen LogP contribution in [0.1, 0.15) is 63.1 Å².